The second kappa shape index (κ2) is 6.19. The van der Waals surface area contributed by atoms with Crippen molar-refractivity contribution < 1.29 is 13.2 Å². The van der Waals surface area contributed by atoms with E-state index in [4.69, 9.17) is 0 Å². The van der Waals surface area contributed by atoms with Crippen LogP contribution in [0.15, 0.2) is 73.1 Å². The molecule has 0 unspecified atom stereocenters. The van der Waals surface area contributed by atoms with Crippen molar-refractivity contribution >= 4 is 7.85 Å². The first kappa shape index (κ1) is 16.4. The zero-order valence-corrected chi connectivity index (χ0v) is 13.2. The molecule has 0 N–H and O–H groups in total. The second-order valence-electron chi connectivity index (χ2n) is 5.85. The highest BCUT2D eigenvalue weighted by molar-refractivity contribution is 6.20. The Morgan fingerprint density at radius 3 is 1.83 bits per heavy atom. The van der Waals surface area contributed by atoms with E-state index >= 15 is 0 Å². The summed E-state index contributed by atoms with van der Waals surface area (Å²) in [6.45, 7) is -1.06. The molecule has 0 spiro atoms. The van der Waals surface area contributed by atoms with Crippen LogP contribution < -0.4 is 0 Å². The van der Waals surface area contributed by atoms with Crippen LogP contribution in [0, 0.1) is 0 Å². The summed E-state index contributed by atoms with van der Waals surface area (Å²) in [5.41, 5.74) is 1.79. The highest BCUT2D eigenvalue weighted by Gasteiger charge is 2.37. The maximum absolute atomic E-state index is 12.9. The summed E-state index contributed by atoms with van der Waals surface area (Å²) in [5.74, 6) is 0.372. The van der Waals surface area contributed by atoms with Gasteiger partial charge in [0, 0.05) is 17.7 Å². The number of aromatic nitrogens is 2. The summed E-state index contributed by atoms with van der Waals surface area (Å²) in [5, 5.41) is -0.780. The van der Waals surface area contributed by atoms with Gasteiger partial charge in [-0.25, -0.2) is 4.98 Å². The monoisotopic (exact) mass is 328 g/mol. The standard InChI is InChI=1S/C18H16BF3N2/c19-18(14-7-3-1-4-8-14,15-9-5-2-6-10-15)16-23-11-12-24(16)13-17(20,21)22/h1-12H,13,19H2. The van der Waals surface area contributed by atoms with Gasteiger partial charge >= 0.3 is 6.18 Å². The smallest absolute Gasteiger partial charge is 0.325 e. The fraction of sp³-hybridized carbons (Fsp3) is 0.167. The highest BCUT2D eigenvalue weighted by Crippen LogP contribution is 2.36. The van der Waals surface area contributed by atoms with Crippen LogP contribution in [0.2, 0.25) is 0 Å². The van der Waals surface area contributed by atoms with Crippen LogP contribution in [-0.2, 0) is 11.9 Å². The molecular weight excluding hydrogens is 312 g/mol. The van der Waals surface area contributed by atoms with Crippen LogP contribution in [0.3, 0.4) is 0 Å². The van der Waals surface area contributed by atoms with Gasteiger partial charge in [-0.2, -0.15) is 13.2 Å². The number of hydrogen-bond donors (Lipinski definition) is 0. The number of benzene rings is 2. The number of rotatable bonds is 4. The molecule has 0 saturated carbocycles. The van der Waals surface area contributed by atoms with E-state index in [9.17, 15) is 13.2 Å². The summed E-state index contributed by atoms with van der Waals surface area (Å²) in [7, 11) is 1.91. The number of nitrogens with zero attached hydrogens (tertiary/aromatic N) is 2. The molecule has 0 atom stereocenters. The third-order valence-electron chi connectivity index (χ3n) is 4.21. The number of alkyl halides is 3. The molecule has 2 nitrogen and oxygen atoms in total. The van der Waals surface area contributed by atoms with Gasteiger partial charge in [0.1, 0.15) is 20.2 Å². The first-order chi connectivity index (χ1) is 11.4. The lowest BCUT2D eigenvalue weighted by Gasteiger charge is -2.31. The molecule has 0 saturated heterocycles. The Hall–Kier alpha value is -2.50. The van der Waals surface area contributed by atoms with Crippen molar-refractivity contribution in [3.63, 3.8) is 0 Å². The van der Waals surface area contributed by atoms with Gasteiger partial charge < -0.3 is 4.57 Å². The van der Waals surface area contributed by atoms with E-state index in [1.54, 1.807) is 0 Å². The average molecular weight is 328 g/mol. The van der Waals surface area contributed by atoms with E-state index in [1.807, 2.05) is 68.5 Å². The van der Waals surface area contributed by atoms with E-state index in [0.717, 1.165) is 11.1 Å². The number of imidazole rings is 1. The lowest BCUT2D eigenvalue weighted by Crippen LogP contribution is -2.35. The fourth-order valence-electron chi connectivity index (χ4n) is 3.03. The van der Waals surface area contributed by atoms with Crippen molar-refractivity contribution in [2.24, 2.45) is 0 Å². The summed E-state index contributed by atoms with van der Waals surface area (Å²) >= 11 is 0. The Bertz CT molecular complexity index is 758. The minimum absolute atomic E-state index is 0.372. The van der Waals surface area contributed by atoms with Crippen LogP contribution in [0.25, 0.3) is 0 Å². The third-order valence-corrected chi connectivity index (χ3v) is 4.21. The Kier molecular flexibility index (Phi) is 4.22. The molecule has 24 heavy (non-hydrogen) atoms. The normalized spacial score (nSPS) is 12.3. The molecule has 122 valence electrons. The minimum atomic E-state index is -4.30. The first-order valence-corrected chi connectivity index (χ1v) is 7.61. The molecule has 0 aliphatic rings. The summed E-state index contributed by atoms with van der Waals surface area (Å²) in [6, 6.07) is 19.0. The molecule has 0 amide bonds. The number of halogens is 3. The van der Waals surface area contributed by atoms with E-state index in [1.165, 1.54) is 17.0 Å². The summed E-state index contributed by atoms with van der Waals surface area (Å²) < 4.78 is 40.0. The molecule has 0 fully saturated rings. The second-order valence-corrected chi connectivity index (χ2v) is 5.85. The van der Waals surface area contributed by atoms with Crippen LogP contribution in [0.5, 0.6) is 0 Å². The Morgan fingerprint density at radius 2 is 1.38 bits per heavy atom. The molecule has 1 heterocycles. The van der Waals surface area contributed by atoms with Gasteiger partial charge in [-0.05, 0) is 11.1 Å². The van der Waals surface area contributed by atoms with E-state index in [2.05, 4.69) is 4.98 Å². The van der Waals surface area contributed by atoms with Crippen LogP contribution in [0.4, 0.5) is 13.2 Å². The van der Waals surface area contributed by atoms with Crippen molar-refractivity contribution in [2.75, 3.05) is 0 Å². The minimum Gasteiger partial charge on any atom is -0.325 e. The van der Waals surface area contributed by atoms with Gasteiger partial charge in [0.15, 0.2) is 0 Å². The van der Waals surface area contributed by atoms with Gasteiger partial charge in [0.2, 0.25) is 0 Å². The number of hydrogen-bond acceptors (Lipinski definition) is 1. The zero-order valence-electron chi connectivity index (χ0n) is 13.2. The molecule has 2 aromatic carbocycles. The van der Waals surface area contributed by atoms with Gasteiger partial charge in [0.05, 0.1) is 0 Å². The van der Waals surface area contributed by atoms with E-state index in [-0.39, 0.29) is 0 Å². The van der Waals surface area contributed by atoms with Crippen LogP contribution in [-0.4, -0.2) is 23.6 Å². The average Bonchev–Trinajstić information content (AvgIpc) is 3.02. The topological polar surface area (TPSA) is 17.8 Å². The third kappa shape index (κ3) is 3.09. The van der Waals surface area contributed by atoms with E-state index in [0.29, 0.717) is 5.82 Å². The van der Waals surface area contributed by atoms with Gasteiger partial charge in [-0.1, -0.05) is 60.7 Å². The molecule has 3 rings (SSSR count). The van der Waals surface area contributed by atoms with Crippen molar-refractivity contribution in [2.45, 2.75) is 18.0 Å². The largest absolute Gasteiger partial charge is 0.406 e. The summed E-state index contributed by atoms with van der Waals surface area (Å²) in [6.07, 6.45) is -1.50. The fourth-order valence-corrected chi connectivity index (χ4v) is 3.03. The Morgan fingerprint density at radius 1 is 0.875 bits per heavy atom. The highest BCUT2D eigenvalue weighted by atomic mass is 19.4. The molecular formula is C18H16BF3N2. The molecule has 0 bridgehead atoms. The Labute approximate surface area is 139 Å². The van der Waals surface area contributed by atoms with Gasteiger partial charge in [-0.15, -0.1) is 0 Å². The van der Waals surface area contributed by atoms with Gasteiger partial charge in [-0.3, -0.25) is 0 Å². The van der Waals surface area contributed by atoms with Crippen molar-refractivity contribution in [1.29, 1.82) is 0 Å². The van der Waals surface area contributed by atoms with E-state index < -0.39 is 18.0 Å². The molecule has 0 aliphatic carbocycles. The molecule has 3 aromatic rings. The predicted octanol–water partition coefficient (Wildman–Crippen LogP) is 3.37. The SMILES string of the molecule is BC(c1ccccc1)(c1ccccc1)c1nccn1CC(F)(F)F. The first-order valence-electron chi connectivity index (χ1n) is 7.61. The quantitative estimate of drug-likeness (QED) is 0.672. The van der Waals surface area contributed by atoms with Gasteiger partial charge in [0.25, 0.3) is 0 Å². The van der Waals surface area contributed by atoms with Crippen molar-refractivity contribution in [3.8, 4) is 0 Å². The Balaban J connectivity index is 2.19. The zero-order chi connectivity index (χ0) is 17.2. The van der Waals surface area contributed by atoms with Crippen molar-refractivity contribution in [1.82, 2.24) is 9.55 Å². The molecule has 0 radical (unpaired) electrons. The maximum Gasteiger partial charge on any atom is 0.406 e. The van der Waals surface area contributed by atoms with Crippen LogP contribution in [0.1, 0.15) is 17.0 Å². The lowest BCUT2D eigenvalue weighted by molar-refractivity contribution is -0.141. The predicted molar refractivity (Wildman–Crippen MR) is 89.6 cm³/mol. The summed E-state index contributed by atoms with van der Waals surface area (Å²) in [4.78, 5) is 4.29. The lowest BCUT2D eigenvalue weighted by atomic mass is 9.59. The van der Waals surface area contributed by atoms with Crippen molar-refractivity contribution in [3.05, 3.63) is 90.0 Å². The molecule has 1 aromatic heterocycles. The molecule has 6 heteroatoms. The maximum atomic E-state index is 12.9. The molecule has 0 aliphatic heterocycles. The van der Waals surface area contributed by atoms with Crippen LogP contribution >= 0.6 is 0 Å².